The number of halogens is 1. The van der Waals surface area contributed by atoms with E-state index in [1.807, 2.05) is 20.8 Å². The molecule has 74 valence electrons. The van der Waals surface area contributed by atoms with E-state index in [2.05, 4.69) is 0 Å². The molecular formula is C8H18FO2P. The van der Waals surface area contributed by atoms with Gasteiger partial charge in [-0.15, -0.1) is 0 Å². The second kappa shape index (κ2) is 3.89. The summed E-state index contributed by atoms with van der Waals surface area (Å²) in [4.78, 5) is 0. The maximum atomic E-state index is 12.5. The summed E-state index contributed by atoms with van der Waals surface area (Å²) in [7, 11) is -3.81. The maximum absolute atomic E-state index is 12.5. The Morgan fingerprint density at radius 2 is 1.92 bits per heavy atom. The number of hydrogen-bond donors (Lipinski definition) is 0. The maximum Gasteiger partial charge on any atom is 0.364 e. The van der Waals surface area contributed by atoms with E-state index in [9.17, 15) is 8.76 Å². The molecule has 0 radical (unpaired) electrons. The summed E-state index contributed by atoms with van der Waals surface area (Å²) < 4.78 is 27.9. The van der Waals surface area contributed by atoms with Crippen LogP contribution in [0, 0.1) is 5.41 Å². The van der Waals surface area contributed by atoms with Crippen LogP contribution in [-0.2, 0) is 9.09 Å². The molecule has 0 amide bonds. The van der Waals surface area contributed by atoms with Crippen molar-refractivity contribution >= 4 is 7.68 Å². The van der Waals surface area contributed by atoms with Gasteiger partial charge < -0.3 is 4.52 Å². The summed E-state index contributed by atoms with van der Waals surface area (Å²) in [6.07, 6.45) is 0.417. The lowest BCUT2D eigenvalue weighted by molar-refractivity contribution is 0.154. The molecule has 0 aliphatic heterocycles. The zero-order chi connectivity index (χ0) is 9.99. The zero-order valence-corrected chi connectivity index (χ0v) is 9.32. The molecule has 2 unspecified atom stereocenters. The van der Waals surface area contributed by atoms with Crippen molar-refractivity contribution in [1.29, 1.82) is 0 Å². The highest BCUT2D eigenvalue weighted by atomic mass is 31.2. The highest BCUT2D eigenvalue weighted by Crippen LogP contribution is 2.46. The SMILES string of the molecule is CC(CC(C)(C)C)OP(C)(=O)F. The predicted molar refractivity (Wildman–Crippen MR) is 49.3 cm³/mol. The zero-order valence-electron chi connectivity index (χ0n) is 8.43. The Hall–Kier alpha value is 0.120. The van der Waals surface area contributed by atoms with E-state index < -0.39 is 7.68 Å². The molecule has 0 aliphatic rings. The Labute approximate surface area is 74.1 Å². The molecule has 2 nitrogen and oxygen atoms in total. The average Bonchev–Trinajstić information content (AvgIpc) is 1.49. The predicted octanol–water partition coefficient (Wildman–Crippen LogP) is 3.62. The van der Waals surface area contributed by atoms with Crippen molar-refractivity contribution in [3.8, 4) is 0 Å². The van der Waals surface area contributed by atoms with Gasteiger partial charge in [-0.3, -0.25) is 4.57 Å². The summed E-state index contributed by atoms with van der Waals surface area (Å²) >= 11 is 0. The van der Waals surface area contributed by atoms with Crippen LogP contribution in [0.25, 0.3) is 0 Å². The van der Waals surface area contributed by atoms with Gasteiger partial charge >= 0.3 is 7.68 Å². The van der Waals surface area contributed by atoms with Gasteiger partial charge in [0.25, 0.3) is 0 Å². The largest absolute Gasteiger partial charge is 0.364 e. The third-order valence-electron chi connectivity index (χ3n) is 1.27. The molecule has 0 fully saturated rings. The van der Waals surface area contributed by atoms with Crippen molar-refractivity contribution in [2.75, 3.05) is 6.66 Å². The lowest BCUT2D eigenvalue weighted by atomic mass is 9.90. The topological polar surface area (TPSA) is 26.3 Å². The van der Waals surface area contributed by atoms with Crippen molar-refractivity contribution in [2.24, 2.45) is 5.41 Å². The van der Waals surface area contributed by atoms with Crippen LogP contribution in [-0.4, -0.2) is 12.8 Å². The molecule has 0 aromatic heterocycles. The normalized spacial score (nSPS) is 20.2. The molecule has 0 heterocycles. The smallest absolute Gasteiger partial charge is 0.303 e. The van der Waals surface area contributed by atoms with Gasteiger partial charge in [-0.25, -0.2) is 0 Å². The molecule has 0 rings (SSSR count). The van der Waals surface area contributed by atoms with Crippen LogP contribution in [0.3, 0.4) is 0 Å². The minimum Gasteiger partial charge on any atom is -0.303 e. The van der Waals surface area contributed by atoms with Crippen LogP contribution in [0.2, 0.25) is 0 Å². The summed E-state index contributed by atoms with van der Waals surface area (Å²) in [5.74, 6) is 0. The minimum absolute atomic E-state index is 0.0780. The van der Waals surface area contributed by atoms with Gasteiger partial charge in [0.2, 0.25) is 0 Å². The molecule has 0 saturated heterocycles. The summed E-state index contributed by atoms with van der Waals surface area (Å²) in [5, 5.41) is 0. The van der Waals surface area contributed by atoms with Gasteiger partial charge in [-0.2, -0.15) is 4.20 Å². The molecule has 0 bridgehead atoms. The van der Waals surface area contributed by atoms with Gasteiger partial charge in [0.05, 0.1) is 6.10 Å². The Balaban J connectivity index is 3.91. The molecule has 0 saturated carbocycles. The first-order valence-electron chi connectivity index (χ1n) is 4.06. The lowest BCUT2D eigenvalue weighted by Gasteiger charge is -2.23. The highest BCUT2D eigenvalue weighted by Gasteiger charge is 2.22. The van der Waals surface area contributed by atoms with E-state index in [1.165, 1.54) is 0 Å². The Morgan fingerprint density at radius 3 is 2.17 bits per heavy atom. The fourth-order valence-electron chi connectivity index (χ4n) is 1.22. The molecule has 0 spiro atoms. The Morgan fingerprint density at radius 1 is 1.50 bits per heavy atom. The first-order chi connectivity index (χ1) is 5.10. The molecular weight excluding hydrogens is 178 g/mol. The van der Waals surface area contributed by atoms with Crippen molar-refractivity contribution in [1.82, 2.24) is 0 Å². The van der Waals surface area contributed by atoms with E-state index >= 15 is 0 Å². The summed E-state index contributed by atoms with van der Waals surface area (Å²) in [6, 6.07) is 0. The average molecular weight is 196 g/mol. The van der Waals surface area contributed by atoms with Crippen LogP contribution >= 0.6 is 7.68 Å². The second-order valence-corrected chi connectivity index (χ2v) is 6.13. The van der Waals surface area contributed by atoms with Crippen LogP contribution in [0.4, 0.5) is 4.20 Å². The molecule has 0 aliphatic carbocycles. The standard InChI is InChI=1S/C8H18FO2P/c1-7(6-8(2,3)4)11-12(5,9)10/h7H,6H2,1-5H3. The van der Waals surface area contributed by atoms with Gasteiger partial charge in [-0.1, -0.05) is 20.8 Å². The van der Waals surface area contributed by atoms with E-state index in [-0.39, 0.29) is 11.5 Å². The first-order valence-corrected chi connectivity index (χ1v) is 6.02. The highest BCUT2D eigenvalue weighted by molar-refractivity contribution is 7.52. The van der Waals surface area contributed by atoms with Crippen LogP contribution in [0.1, 0.15) is 34.1 Å². The molecule has 2 atom stereocenters. The molecule has 0 N–H and O–H groups in total. The van der Waals surface area contributed by atoms with Gasteiger partial charge in [-0.05, 0) is 18.8 Å². The van der Waals surface area contributed by atoms with Crippen molar-refractivity contribution in [2.45, 2.75) is 40.2 Å². The first kappa shape index (κ1) is 12.1. The molecule has 0 aromatic rings. The minimum atomic E-state index is -3.81. The van der Waals surface area contributed by atoms with Crippen LogP contribution in [0.15, 0.2) is 0 Å². The fraction of sp³-hybridized carbons (Fsp3) is 1.00. The van der Waals surface area contributed by atoms with Crippen LogP contribution in [0.5, 0.6) is 0 Å². The second-order valence-electron chi connectivity index (χ2n) is 4.43. The quantitative estimate of drug-likeness (QED) is 0.644. The summed E-state index contributed by atoms with van der Waals surface area (Å²) in [6.45, 7) is 8.83. The van der Waals surface area contributed by atoms with Gasteiger partial charge in [0, 0.05) is 6.66 Å². The van der Waals surface area contributed by atoms with Crippen molar-refractivity contribution < 1.29 is 13.3 Å². The Bertz CT molecular complexity index is 180. The van der Waals surface area contributed by atoms with Crippen LogP contribution < -0.4 is 0 Å². The monoisotopic (exact) mass is 196 g/mol. The molecule has 0 aromatic carbocycles. The number of hydrogen-bond acceptors (Lipinski definition) is 2. The van der Waals surface area contributed by atoms with E-state index in [0.717, 1.165) is 6.66 Å². The Kier molecular flexibility index (Phi) is 3.92. The third-order valence-corrected chi connectivity index (χ3v) is 2.00. The van der Waals surface area contributed by atoms with Gasteiger partial charge in [0.15, 0.2) is 0 Å². The van der Waals surface area contributed by atoms with Crippen molar-refractivity contribution in [3.05, 3.63) is 0 Å². The number of rotatable bonds is 3. The van der Waals surface area contributed by atoms with E-state index in [0.29, 0.717) is 6.42 Å². The molecule has 12 heavy (non-hydrogen) atoms. The van der Waals surface area contributed by atoms with E-state index in [4.69, 9.17) is 4.52 Å². The van der Waals surface area contributed by atoms with Gasteiger partial charge in [0.1, 0.15) is 0 Å². The fourth-order valence-corrected chi connectivity index (χ4v) is 1.94. The van der Waals surface area contributed by atoms with Crippen molar-refractivity contribution in [3.63, 3.8) is 0 Å². The molecule has 4 heteroatoms. The lowest BCUT2D eigenvalue weighted by Crippen LogP contribution is -2.16. The summed E-state index contributed by atoms with van der Waals surface area (Å²) in [5.41, 5.74) is 0.0780. The third kappa shape index (κ3) is 8.22. The van der Waals surface area contributed by atoms with E-state index in [1.54, 1.807) is 6.92 Å².